The first kappa shape index (κ1) is 22.0. The van der Waals surface area contributed by atoms with Crippen molar-refractivity contribution in [1.82, 2.24) is 15.3 Å². The number of nitrogens with zero attached hydrogens (tertiary/aromatic N) is 3. The quantitative estimate of drug-likeness (QED) is 0.433. The first-order valence-corrected chi connectivity index (χ1v) is 10.7. The van der Waals surface area contributed by atoms with Crippen LogP contribution in [0.3, 0.4) is 0 Å². The highest BCUT2D eigenvalue weighted by Gasteiger charge is 2.16. The minimum atomic E-state index is -0.537. The lowest BCUT2D eigenvalue weighted by atomic mass is 9.96. The second kappa shape index (κ2) is 9.09. The van der Waals surface area contributed by atoms with Gasteiger partial charge in [0.2, 0.25) is 0 Å². The van der Waals surface area contributed by atoms with Crippen molar-refractivity contribution in [3.8, 4) is 28.5 Å². The molecule has 6 heteroatoms. The first-order chi connectivity index (χ1) is 15.8. The van der Waals surface area contributed by atoms with Gasteiger partial charge in [0.25, 0.3) is 0 Å². The van der Waals surface area contributed by atoms with Gasteiger partial charge >= 0.3 is 6.09 Å². The molecule has 0 saturated carbocycles. The average molecular weight is 437 g/mol. The molecule has 164 valence electrons. The van der Waals surface area contributed by atoms with Gasteiger partial charge in [-0.1, -0.05) is 54.6 Å². The Morgan fingerprint density at radius 2 is 1.76 bits per heavy atom. The van der Waals surface area contributed by atoms with Crippen molar-refractivity contribution in [3.05, 3.63) is 84.2 Å². The lowest BCUT2D eigenvalue weighted by Gasteiger charge is -2.19. The largest absolute Gasteiger partial charge is 0.444 e. The zero-order valence-electron chi connectivity index (χ0n) is 18.8. The molecule has 0 aliphatic carbocycles. The molecule has 4 rings (SSSR count). The molecule has 1 N–H and O–H groups in total. The third-order valence-corrected chi connectivity index (χ3v) is 5.00. The number of carbonyl (C=O) groups excluding carboxylic acids is 1. The molecule has 0 fully saturated rings. The molecule has 4 aromatic rings. The molecule has 0 saturated heterocycles. The summed E-state index contributed by atoms with van der Waals surface area (Å²) in [6.07, 6.45) is 1.15. The molecule has 1 amide bonds. The van der Waals surface area contributed by atoms with Crippen molar-refractivity contribution in [2.45, 2.75) is 32.9 Å². The number of amides is 1. The average Bonchev–Trinajstić information content (AvgIpc) is 2.81. The Labute approximate surface area is 192 Å². The maximum atomic E-state index is 11.9. The summed E-state index contributed by atoms with van der Waals surface area (Å²) in [4.78, 5) is 21.0. The molecule has 2 aromatic heterocycles. The minimum absolute atomic E-state index is 0.354. The second-order valence-electron chi connectivity index (χ2n) is 8.64. The molecule has 33 heavy (non-hydrogen) atoms. The molecule has 0 aliphatic heterocycles. The number of fused-ring (bicyclic) bond motifs is 1. The van der Waals surface area contributed by atoms with Crippen molar-refractivity contribution in [2.24, 2.45) is 0 Å². The van der Waals surface area contributed by atoms with Gasteiger partial charge in [0.05, 0.1) is 11.2 Å². The van der Waals surface area contributed by atoms with Crippen molar-refractivity contribution in [3.63, 3.8) is 0 Å². The molecule has 0 atom stereocenters. The van der Waals surface area contributed by atoms with Gasteiger partial charge in [-0.25, -0.2) is 14.8 Å². The normalized spacial score (nSPS) is 11.1. The van der Waals surface area contributed by atoms with Gasteiger partial charge in [-0.2, -0.15) is 5.26 Å². The zero-order chi connectivity index (χ0) is 23.4. The van der Waals surface area contributed by atoms with Gasteiger partial charge < -0.3 is 10.1 Å². The Hall–Kier alpha value is -4.24. The van der Waals surface area contributed by atoms with Crippen molar-refractivity contribution < 1.29 is 9.53 Å². The Morgan fingerprint density at radius 3 is 2.42 bits per heavy atom. The van der Waals surface area contributed by atoms with E-state index in [1.165, 1.54) is 0 Å². The van der Waals surface area contributed by atoms with Crippen LogP contribution in [0.2, 0.25) is 0 Å². The number of hydrogen-bond acceptors (Lipinski definition) is 5. The van der Waals surface area contributed by atoms with E-state index in [1.54, 1.807) is 6.20 Å². The number of hydrogen-bond donors (Lipinski definition) is 1. The summed E-state index contributed by atoms with van der Waals surface area (Å²) in [6, 6.07) is 23.8. The van der Waals surface area contributed by atoms with E-state index in [0.717, 1.165) is 33.3 Å². The van der Waals surface area contributed by atoms with E-state index in [2.05, 4.69) is 16.4 Å². The fraction of sp³-hybridized carbons (Fsp3) is 0.185. The van der Waals surface area contributed by atoms with Crippen LogP contribution in [0, 0.1) is 11.3 Å². The van der Waals surface area contributed by atoms with Crippen molar-refractivity contribution >= 4 is 17.0 Å². The van der Waals surface area contributed by atoms with Crippen molar-refractivity contribution in [1.29, 1.82) is 5.26 Å². The van der Waals surface area contributed by atoms with Crippen LogP contribution in [0.15, 0.2) is 72.9 Å². The van der Waals surface area contributed by atoms with Crippen LogP contribution in [0.4, 0.5) is 4.79 Å². The molecule has 0 radical (unpaired) electrons. The number of benzene rings is 2. The predicted molar refractivity (Wildman–Crippen MR) is 128 cm³/mol. The highest BCUT2D eigenvalue weighted by molar-refractivity contribution is 5.93. The van der Waals surface area contributed by atoms with Crippen LogP contribution in [0.5, 0.6) is 0 Å². The number of rotatable bonds is 4. The lowest BCUT2D eigenvalue weighted by molar-refractivity contribution is 0.0523. The fourth-order valence-corrected chi connectivity index (χ4v) is 3.51. The summed E-state index contributed by atoms with van der Waals surface area (Å²) < 4.78 is 5.29. The molecular formula is C27H24N4O2. The number of aromatic nitrogens is 2. The summed E-state index contributed by atoms with van der Waals surface area (Å²) in [6.45, 7) is 5.86. The molecule has 0 unspecified atom stereocenters. The van der Waals surface area contributed by atoms with E-state index in [1.807, 2.05) is 87.5 Å². The molecule has 6 nitrogen and oxygen atoms in total. The molecule has 0 bridgehead atoms. The smallest absolute Gasteiger partial charge is 0.407 e. The lowest BCUT2D eigenvalue weighted by Crippen LogP contribution is -2.32. The molecule has 0 spiro atoms. The van der Waals surface area contributed by atoms with E-state index in [0.29, 0.717) is 17.8 Å². The van der Waals surface area contributed by atoms with Gasteiger partial charge in [0, 0.05) is 29.3 Å². The molecule has 2 aromatic carbocycles. The van der Waals surface area contributed by atoms with E-state index in [9.17, 15) is 10.1 Å². The van der Waals surface area contributed by atoms with Gasteiger partial charge in [-0.05, 0) is 44.0 Å². The minimum Gasteiger partial charge on any atom is -0.444 e. The predicted octanol–water partition coefficient (Wildman–Crippen LogP) is 5.86. The maximum absolute atomic E-state index is 11.9. The van der Waals surface area contributed by atoms with Crippen LogP contribution in [-0.2, 0) is 11.3 Å². The molecule has 0 aliphatic rings. The number of nitrogens with one attached hydrogen (secondary N) is 1. The number of carbonyl (C=O) groups is 1. The van der Waals surface area contributed by atoms with Gasteiger partial charge in [-0.3, -0.25) is 0 Å². The van der Waals surface area contributed by atoms with Gasteiger partial charge in [0.15, 0.2) is 0 Å². The highest BCUT2D eigenvalue weighted by atomic mass is 16.6. The van der Waals surface area contributed by atoms with Crippen LogP contribution in [0.25, 0.3) is 33.3 Å². The summed E-state index contributed by atoms with van der Waals surface area (Å²) in [7, 11) is 0. The molecular weight excluding hydrogens is 412 g/mol. The monoisotopic (exact) mass is 436 g/mol. The second-order valence-corrected chi connectivity index (χ2v) is 8.64. The highest BCUT2D eigenvalue weighted by Crippen LogP contribution is 2.34. The number of ether oxygens (including phenoxy) is 1. The van der Waals surface area contributed by atoms with E-state index < -0.39 is 11.7 Å². The SMILES string of the molecule is CC(C)(C)OC(=O)NCc1ccc(-c2nc3ccnc(C#N)c3cc2-c2ccccc2)cc1. The Morgan fingerprint density at radius 1 is 1.03 bits per heavy atom. The maximum Gasteiger partial charge on any atom is 0.407 e. The summed E-state index contributed by atoms with van der Waals surface area (Å²) >= 11 is 0. The van der Waals surface area contributed by atoms with Gasteiger partial charge in [0.1, 0.15) is 17.4 Å². The fourth-order valence-electron chi connectivity index (χ4n) is 3.51. The standard InChI is InChI=1S/C27H24N4O2/c1-27(2,3)33-26(32)30-17-18-9-11-20(12-10-18)25-21(19-7-5-4-6-8-19)15-22-23(31-25)13-14-29-24(22)16-28/h4-15H,17H2,1-3H3,(H,30,32). The third-order valence-electron chi connectivity index (χ3n) is 5.00. The van der Waals surface area contributed by atoms with Crippen LogP contribution in [0.1, 0.15) is 32.0 Å². The van der Waals surface area contributed by atoms with E-state index in [-0.39, 0.29) is 0 Å². The topological polar surface area (TPSA) is 87.9 Å². The Balaban J connectivity index is 1.69. The number of pyridine rings is 2. The Kier molecular flexibility index (Phi) is 6.05. The van der Waals surface area contributed by atoms with Crippen molar-refractivity contribution in [2.75, 3.05) is 0 Å². The molecule has 2 heterocycles. The summed E-state index contributed by atoms with van der Waals surface area (Å²) in [5, 5.41) is 13.0. The summed E-state index contributed by atoms with van der Waals surface area (Å²) in [5.74, 6) is 0. The zero-order valence-corrected chi connectivity index (χ0v) is 18.8. The summed E-state index contributed by atoms with van der Waals surface area (Å²) in [5.41, 5.74) is 5.16. The van der Waals surface area contributed by atoms with Crippen LogP contribution >= 0.6 is 0 Å². The third kappa shape index (κ3) is 5.16. The van der Waals surface area contributed by atoms with E-state index >= 15 is 0 Å². The van der Waals surface area contributed by atoms with Gasteiger partial charge in [-0.15, -0.1) is 0 Å². The number of nitriles is 1. The van der Waals surface area contributed by atoms with E-state index in [4.69, 9.17) is 9.72 Å². The Bertz CT molecular complexity index is 1340. The van der Waals surface area contributed by atoms with Crippen LogP contribution in [-0.4, -0.2) is 21.7 Å². The number of alkyl carbamates (subject to hydrolysis) is 1. The van der Waals surface area contributed by atoms with Crippen LogP contribution < -0.4 is 5.32 Å². The first-order valence-electron chi connectivity index (χ1n) is 10.7.